The van der Waals surface area contributed by atoms with Crippen LogP contribution in [0.25, 0.3) is 0 Å². The van der Waals surface area contributed by atoms with Crippen molar-refractivity contribution in [3.05, 3.63) is 34.6 Å². The number of likely N-dealkylation sites (tertiary alicyclic amines) is 1. The van der Waals surface area contributed by atoms with Crippen LogP contribution in [-0.2, 0) is 16.1 Å². The second-order valence-electron chi connectivity index (χ2n) is 5.57. The smallest absolute Gasteiger partial charge is 0.223 e. The average molecular weight is 300 g/mol. The number of hydrogen-bond donors (Lipinski definition) is 0. The van der Waals surface area contributed by atoms with E-state index in [1.54, 1.807) is 11.0 Å². The van der Waals surface area contributed by atoms with Gasteiger partial charge < -0.3 is 9.64 Å². The number of nitrogens with zero attached hydrogens (tertiary/aromatic N) is 1. The molecule has 5 heteroatoms. The van der Waals surface area contributed by atoms with Gasteiger partial charge in [0, 0.05) is 24.5 Å². The first-order chi connectivity index (χ1) is 9.45. The standard InChI is InChI=1S/C15H19ClFNO2/c1-10(2)5-15(19)18-7-13(8-18)20-9-11-3-4-12(17)6-14(11)16/h3-4,6,10,13H,5,7-9H2,1-2H3. The van der Waals surface area contributed by atoms with Crippen molar-refractivity contribution in [1.82, 2.24) is 4.90 Å². The Morgan fingerprint density at radius 3 is 2.80 bits per heavy atom. The van der Waals surface area contributed by atoms with Gasteiger partial charge in [-0.05, 0) is 23.6 Å². The quantitative estimate of drug-likeness (QED) is 0.835. The summed E-state index contributed by atoms with van der Waals surface area (Å²) in [6, 6.07) is 4.27. The van der Waals surface area contributed by atoms with Crippen LogP contribution >= 0.6 is 11.6 Å². The number of hydrogen-bond acceptors (Lipinski definition) is 2. The summed E-state index contributed by atoms with van der Waals surface area (Å²) < 4.78 is 18.6. The van der Waals surface area contributed by atoms with E-state index >= 15 is 0 Å². The Labute approximate surface area is 123 Å². The highest BCUT2D eigenvalue weighted by molar-refractivity contribution is 6.31. The first-order valence-electron chi connectivity index (χ1n) is 6.79. The van der Waals surface area contributed by atoms with E-state index in [-0.39, 0.29) is 17.8 Å². The van der Waals surface area contributed by atoms with Crippen molar-refractivity contribution < 1.29 is 13.9 Å². The van der Waals surface area contributed by atoms with Crippen LogP contribution in [0.4, 0.5) is 4.39 Å². The molecule has 0 aliphatic carbocycles. The fourth-order valence-electron chi connectivity index (χ4n) is 2.07. The summed E-state index contributed by atoms with van der Waals surface area (Å²) in [5.41, 5.74) is 0.764. The van der Waals surface area contributed by atoms with Crippen LogP contribution in [0.5, 0.6) is 0 Å². The Morgan fingerprint density at radius 1 is 1.50 bits per heavy atom. The number of ether oxygens (including phenoxy) is 1. The molecule has 3 nitrogen and oxygen atoms in total. The lowest BCUT2D eigenvalue weighted by atomic mass is 10.1. The third-order valence-corrected chi connectivity index (χ3v) is 3.63. The first-order valence-corrected chi connectivity index (χ1v) is 7.17. The van der Waals surface area contributed by atoms with Crippen LogP contribution in [0.2, 0.25) is 5.02 Å². The van der Waals surface area contributed by atoms with E-state index in [0.717, 1.165) is 5.56 Å². The Morgan fingerprint density at radius 2 is 2.20 bits per heavy atom. The summed E-state index contributed by atoms with van der Waals surface area (Å²) >= 11 is 5.93. The Hall–Kier alpha value is -1.13. The van der Waals surface area contributed by atoms with Crippen molar-refractivity contribution in [3.8, 4) is 0 Å². The third kappa shape index (κ3) is 3.93. The van der Waals surface area contributed by atoms with Crippen LogP contribution in [-0.4, -0.2) is 30.0 Å². The molecule has 0 unspecified atom stereocenters. The first kappa shape index (κ1) is 15.3. The number of amides is 1. The molecule has 1 aromatic carbocycles. The van der Waals surface area contributed by atoms with Crippen LogP contribution in [0.3, 0.4) is 0 Å². The minimum Gasteiger partial charge on any atom is -0.370 e. The Balaban J connectivity index is 1.74. The molecule has 1 aliphatic heterocycles. The molecule has 1 fully saturated rings. The number of halogens is 2. The number of rotatable bonds is 5. The van der Waals surface area contributed by atoms with Crippen LogP contribution in [0.15, 0.2) is 18.2 Å². The highest BCUT2D eigenvalue weighted by atomic mass is 35.5. The van der Waals surface area contributed by atoms with Gasteiger partial charge in [0.25, 0.3) is 0 Å². The van der Waals surface area contributed by atoms with Crippen molar-refractivity contribution >= 4 is 17.5 Å². The van der Waals surface area contributed by atoms with E-state index in [1.807, 2.05) is 13.8 Å². The maximum Gasteiger partial charge on any atom is 0.223 e. The lowest BCUT2D eigenvalue weighted by molar-refractivity contribution is -0.146. The molecule has 1 saturated heterocycles. The van der Waals surface area contributed by atoms with Crippen molar-refractivity contribution in [2.75, 3.05) is 13.1 Å². The molecule has 0 atom stereocenters. The summed E-state index contributed by atoms with van der Waals surface area (Å²) in [6.45, 7) is 5.66. The molecule has 0 spiro atoms. The minimum absolute atomic E-state index is 0.0484. The molecule has 0 N–H and O–H groups in total. The highest BCUT2D eigenvalue weighted by Gasteiger charge is 2.31. The molecule has 0 aromatic heterocycles. The third-order valence-electron chi connectivity index (χ3n) is 3.27. The van der Waals surface area contributed by atoms with Gasteiger partial charge in [0.05, 0.1) is 12.7 Å². The number of benzene rings is 1. The van der Waals surface area contributed by atoms with Gasteiger partial charge in [-0.15, -0.1) is 0 Å². The molecular formula is C15H19ClFNO2. The predicted octanol–water partition coefficient (Wildman–Crippen LogP) is 3.25. The Bertz CT molecular complexity index is 487. The van der Waals surface area contributed by atoms with Crippen LogP contribution in [0, 0.1) is 11.7 Å². The zero-order valence-corrected chi connectivity index (χ0v) is 12.5. The summed E-state index contributed by atoms with van der Waals surface area (Å²) in [5.74, 6) is 0.202. The van der Waals surface area contributed by atoms with Crippen molar-refractivity contribution in [1.29, 1.82) is 0 Å². The number of carbonyl (C=O) groups excluding carboxylic acids is 1. The zero-order valence-electron chi connectivity index (χ0n) is 11.7. The van der Waals surface area contributed by atoms with Gasteiger partial charge in [0.15, 0.2) is 0 Å². The lowest BCUT2D eigenvalue weighted by Crippen LogP contribution is -2.54. The molecule has 1 heterocycles. The van der Waals surface area contributed by atoms with Gasteiger partial charge in [0.2, 0.25) is 5.91 Å². The lowest BCUT2D eigenvalue weighted by Gasteiger charge is -2.39. The zero-order chi connectivity index (χ0) is 14.7. The molecule has 20 heavy (non-hydrogen) atoms. The normalized spacial score (nSPS) is 15.6. The van der Waals surface area contributed by atoms with E-state index in [1.165, 1.54) is 12.1 Å². The molecule has 1 aliphatic rings. The van der Waals surface area contributed by atoms with E-state index in [0.29, 0.717) is 37.1 Å². The van der Waals surface area contributed by atoms with Gasteiger partial charge in [-0.3, -0.25) is 4.79 Å². The highest BCUT2D eigenvalue weighted by Crippen LogP contribution is 2.21. The molecule has 0 radical (unpaired) electrons. The van der Waals surface area contributed by atoms with Crippen LogP contribution in [0.1, 0.15) is 25.8 Å². The molecule has 0 saturated carbocycles. The maximum atomic E-state index is 12.9. The molecule has 1 amide bonds. The van der Waals surface area contributed by atoms with Gasteiger partial charge in [-0.2, -0.15) is 0 Å². The predicted molar refractivity (Wildman–Crippen MR) is 76.0 cm³/mol. The summed E-state index contributed by atoms with van der Waals surface area (Å²) in [5, 5.41) is 0.372. The van der Waals surface area contributed by atoms with E-state index < -0.39 is 0 Å². The molecule has 2 rings (SSSR count). The van der Waals surface area contributed by atoms with Gasteiger partial charge in [0.1, 0.15) is 5.82 Å². The minimum atomic E-state index is -0.354. The van der Waals surface area contributed by atoms with Gasteiger partial charge >= 0.3 is 0 Å². The Kier molecular flexibility index (Phi) is 5.00. The fraction of sp³-hybridized carbons (Fsp3) is 0.533. The second kappa shape index (κ2) is 6.55. The van der Waals surface area contributed by atoms with E-state index in [2.05, 4.69) is 0 Å². The van der Waals surface area contributed by atoms with Crippen molar-refractivity contribution in [3.63, 3.8) is 0 Å². The van der Waals surface area contributed by atoms with Crippen LogP contribution < -0.4 is 0 Å². The fourth-order valence-corrected chi connectivity index (χ4v) is 2.29. The SMILES string of the molecule is CC(C)CC(=O)N1CC(OCc2ccc(F)cc2Cl)C1. The topological polar surface area (TPSA) is 29.5 Å². The van der Waals surface area contributed by atoms with Gasteiger partial charge in [-0.25, -0.2) is 4.39 Å². The van der Waals surface area contributed by atoms with Crippen molar-refractivity contribution in [2.24, 2.45) is 5.92 Å². The van der Waals surface area contributed by atoms with E-state index in [4.69, 9.17) is 16.3 Å². The second-order valence-corrected chi connectivity index (χ2v) is 5.97. The molecular weight excluding hydrogens is 281 g/mol. The monoisotopic (exact) mass is 299 g/mol. The maximum absolute atomic E-state index is 12.9. The van der Waals surface area contributed by atoms with Gasteiger partial charge in [-0.1, -0.05) is 31.5 Å². The molecule has 110 valence electrons. The van der Waals surface area contributed by atoms with E-state index in [9.17, 15) is 9.18 Å². The summed E-state index contributed by atoms with van der Waals surface area (Å²) in [4.78, 5) is 13.6. The molecule has 0 bridgehead atoms. The summed E-state index contributed by atoms with van der Waals surface area (Å²) in [7, 11) is 0. The molecule has 1 aromatic rings. The average Bonchev–Trinajstić information content (AvgIpc) is 2.28. The largest absolute Gasteiger partial charge is 0.370 e. The summed E-state index contributed by atoms with van der Waals surface area (Å²) in [6.07, 6.45) is 0.628. The number of carbonyl (C=O) groups is 1. The van der Waals surface area contributed by atoms with Crippen molar-refractivity contribution in [2.45, 2.75) is 33.0 Å².